The lowest BCUT2D eigenvalue weighted by atomic mass is 9.90. The summed E-state index contributed by atoms with van der Waals surface area (Å²) in [5.41, 5.74) is 0. The molecule has 1 aromatic rings. The van der Waals surface area contributed by atoms with Crippen molar-refractivity contribution in [3.8, 4) is 0 Å². The van der Waals surface area contributed by atoms with Crippen LogP contribution in [0.2, 0.25) is 0 Å². The minimum atomic E-state index is 0.389. The van der Waals surface area contributed by atoms with E-state index in [4.69, 9.17) is 0 Å². The summed E-state index contributed by atoms with van der Waals surface area (Å²) in [6.07, 6.45) is 8.93. The summed E-state index contributed by atoms with van der Waals surface area (Å²) in [6, 6.07) is 0.389. The number of aryl methyl sites for hydroxylation is 1. The maximum Gasteiger partial charge on any atom is 0.125 e. The lowest BCUT2D eigenvalue weighted by Gasteiger charge is -2.26. The van der Waals surface area contributed by atoms with Gasteiger partial charge in [0.1, 0.15) is 5.82 Å². The zero-order valence-electron chi connectivity index (χ0n) is 11.0. The first kappa shape index (κ1) is 13.2. The van der Waals surface area contributed by atoms with E-state index >= 15 is 0 Å². The highest BCUT2D eigenvalue weighted by Gasteiger charge is 2.23. The summed E-state index contributed by atoms with van der Waals surface area (Å²) in [6.45, 7) is 4.52. The number of hydrogen-bond donors (Lipinski definition) is 1. The van der Waals surface area contributed by atoms with Gasteiger partial charge in [-0.1, -0.05) is 26.7 Å². The fraction of sp³-hybridized carbons (Fsp3) is 0.769. The Balaban J connectivity index is 2.81. The van der Waals surface area contributed by atoms with Gasteiger partial charge in [-0.05, 0) is 25.8 Å². The Labute approximate surface area is 99.3 Å². The summed E-state index contributed by atoms with van der Waals surface area (Å²) in [4.78, 5) is 4.47. The second kappa shape index (κ2) is 6.69. The number of nitrogens with zero attached hydrogens (tertiary/aromatic N) is 2. The Morgan fingerprint density at radius 2 is 1.94 bits per heavy atom. The van der Waals surface area contributed by atoms with Crippen molar-refractivity contribution >= 4 is 0 Å². The average Bonchev–Trinajstić information content (AvgIpc) is 2.67. The lowest BCUT2D eigenvalue weighted by molar-refractivity contribution is 0.315. The number of rotatable bonds is 7. The van der Waals surface area contributed by atoms with E-state index in [-0.39, 0.29) is 0 Å². The first-order valence-electron chi connectivity index (χ1n) is 6.39. The molecule has 1 atom stereocenters. The van der Waals surface area contributed by atoms with Crippen LogP contribution in [-0.2, 0) is 7.05 Å². The van der Waals surface area contributed by atoms with Crippen molar-refractivity contribution in [1.29, 1.82) is 0 Å². The van der Waals surface area contributed by atoms with E-state index in [1.54, 1.807) is 0 Å². The third-order valence-electron chi connectivity index (χ3n) is 3.24. The molecule has 92 valence electrons. The van der Waals surface area contributed by atoms with E-state index < -0.39 is 0 Å². The van der Waals surface area contributed by atoms with Crippen LogP contribution in [0.4, 0.5) is 0 Å². The Morgan fingerprint density at radius 3 is 2.31 bits per heavy atom. The van der Waals surface area contributed by atoms with Gasteiger partial charge in [0, 0.05) is 19.4 Å². The second-order valence-corrected chi connectivity index (χ2v) is 4.50. The van der Waals surface area contributed by atoms with Gasteiger partial charge in [0.25, 0.3) is 0 Å². The van der Waals surface area contributed by atoms with E-state index in [1.165, 1.54) is 25.7 Å². The van der Waals surface area contributed by atoms with E-state index in [0.29, 0.717) is 12.0 Å². The van der Waals surface area contributed by atoms with E-state index in [1.807, 2.05) is 19.4 Å². The molecule has 0 saturated carbocycles. The summed E-state index contributed by atoms with van der Waals surface area (Å²) in [5, 5.41) is 3.43. The molecule has 0 aromatic carbocycles. The van der Waals surface area contributed by atoms with Crippen LogP contribution < -0.4 is 5.32 Å². The third-order valence-corrected chi connectivity index (χ3v) is 3.24. The molecule has 1 N–H and O–H groups in total. The predicted octanol–water partition coefficient (Wildman–Crippen LogP) is 2.90. The molecule has 16 heavy (non-hydrogen) atoms. The van der Waals surface area contributed by atoms with Crippen LogP contribution in [0, 0.1) is 5.92 Å². The number of hydrogen-bond acceptors (Lipinski definition) is 2. The van der Waals surface area contributed by atoms with Crippen LogP contribution in [0.5, 0.6) is 0 Å². The summed E-state index contributed by atoms with van der Waals surface area (Å²) >= 11 is 0. The molecule has 0 aliphatic rings. The minimum absolute atomic E-state index is 0.389. The van der Waals surface area contributed by atoms with Gasteiger partial charge in [-0.15, -0.1) is 0 Å². The van der Waals surface area contributed by atoms with E-state index in [9.17, 15) is 0 Å². The fourth-order valence-corrected chi connectivity index (χ4v) is 2.47. The summed E-state index contributed by atoms with van der Waals surface area (Å²) in [5.74, 6) is 1.86. The molecular formula is C13H25N3. The van der Waals surface area contributed by atoms with Gasteiger partial charge in [0.2, 0.25) is 0 Å². The number of nitrogens with one attached hydrogen (secondary N) is 1. The molecule has 0 aliphatic heterocycles. The fourth-order valence-electron chi connectivity index (χ4n) is 2.47. The average molecular weight is 223 g/mol. The van der Waals surface area contributed by atoms with Crippen molar-refractivity contribution in [2.24, 2.45) is 13.0 Å². The molecule has 1 aromatic heterocycles. The monoisotopic (exact) mass is 223 g/mol. The van der Waals surface area contributed by atoms with Crippen LogP contribution in [-0.4, -0.2) is 16.6 Å². The molecule has 0 aliphatic carbocycles. The van der Waals surface area contributed by atoms with Crippen molar-refractivity contribution in [2.45, 2.75) is 45.6 Å². The summed E-state index contributed by atoms with van der Waals surface area (Å²) < 4.78 is 2.12. The van der Waals surface area contributed by atoms with Gasteiger partial charge in [-0.2, -0.15) is 0 Å². The van der Waals surface area contributed by atoms with Crippen LogP contribution in [0.25, 0.3) is 0 Å². The van der Waals surface area contributed by atoms with Crippen LogP contribution in [0.3, 0.4) is 0 Å². The Hall–Kier alpha value is -0.830. The first-order valence-corrected chi connectivity index (χ1v) is 6.39. The Morgan fingerprint density at radius 1 is 1.31 bits per heavy atom. The van der Waals surface area contributed by atoms with Gasteiger partial charge >= 0.3 is 0 Å². The molecule has 0 radical (unpaired) electrons. The zero-order chi connectivity index (χ0) is 12.0. The van der Waals surface area contributed by atoms with Crippen molar-refractivity contribution in [3.05, 3.63) is 18.2 Å². The zero-order valence-corrected chi connectivity index (χ0v) is 11.0. The van der Waals surface area contributed by atoms with Crippen LogP contribution in [0.15, 0.2) is 12.4 Å². The summed E-state index contributed by atoms with van der Waals surface area (Å²) in [7, 11) is 4.11. The lowest BCUT2D eigenvalue weighted by Crippen LogP contribution is -2.28. The minimum Gasteiger partial charge on any atom is -0.337 e. The SMILES string of the molecule is CCCC(CCC)C(NC)c1nccn1C. The van der Waals surface area contributed by atoms with Gasteiger partial charge in [-0.25, -0.2) is 4.98 Å². The second-order valence-electron chi connectivity index (χ2n) is 4.50. The van der Waals surface area contributed by atoms with Gasteiger partial charge in [0.15, 0.2) is 0 Å². The molecule has 0 fully saturated rings. The molecule has 0 spiro atoms. The first-order chi connectivity index (χ1) is 7.74. The highest BCUT2D eigenvalue weighted by Crippen LogP contribution is 2.28. The van der Waals surface area contributed by atoms with Gasteiger partial charge in [-0.3, -0.25) is 0 Å². The van der Waals surface area contributed by atoms with Crippen LogP contribution in [0.1, 0.15) is 51.4 Å². The molecule has 0 amide bonds. The third kappa shape index (κ3) is 3.08. The molecule has 3 nitrogen and oxygen atoms in total. The molecule has 0 bridgehead atoms. The van der Waals surface area contributed by atoms with Crippen LogP contribution >= 0.6 is 0 Å². The largest absolute Gasteiger partial charge is 0.337 e. The van der Waals surface area contributed by atoms with Crippen molar-refractivity contribution < 1.29 is 0 Å². The molecule has 1 unspecified atom stereocenters. The highest BCUT2D eigenvalue weighted by atomic mass is 15.1. The normalized spacial score (nSPS) is 13.3. The topological polar surface area (TPSA) is 29.9 Å². The molecule has 0 saturated heterocycles. The highest BCUT2D eigenvalue weighted by molar-refractivity contribution is 5.00. The molecule has 1 rings (SSSR count). The quantitative estimate of drug-likeness (QED) is 0.770. The van der Waals surface area contributed by atoms with Crippen molar-refractivity contribution in [3.63, 3.8) is 0 Å². The van der Waals surface area contributed by atoms with Crippen molar-refractivity contribution in [2.75, 3.05) is 7.05 Å². The number of aromatic nitrogens is 2. The smallest absolute Gasteiger partial charge is 0.125 e. The number of imidazole rings is 1. The predicted molar refractivity (Wildman–Crippen MR) is 68.3 cm³/mol. The molecular weight excluding hydrogens is 198 g/mol. The standard InChI is InChI=1S/C13H25N3/c1-5-7-11(8-6-2)12(14-3)13-15-9-10-16(13)4/h9-12,14H,5-8H2,1-4H3. The van der Waals surface area contributed by atoms with Gasteiger partial charge < -0.3 is 9.88 Å². The maximum atomic E-state index is 4.47. The Bertz CT molecular complexity index is 287. The van der Waals surface area contributed by atoms with E-state index in [0.717, 1.165) is 5.82 Å². The van der Waals surface area contributed by atoms with Gasteiger partial charge in [0.05, 0.1) is 6.04 Å². The van der Waals surface area contributed by atoms with Crippen molar-refractivity contribution in [1.82, 2.24) is 14.9 Å². The maximum absolute atomic E-state index is 4.47. The molecule has 3 heteroatoms. The van der Waals surface area contributed by atoms with E-state index in [2.05, 4.69) is 35.8 Å². The Kier molecular flexibility index (Phi) is 5.53. The molecule has 1 heterocycles.